The Morgan fingerprint density at radius 1 is 1.45 bits per heavy atom. The first-order chi connectivity index (χ1) is 9.60. The molecular weight excluding hydrogens is 252 g/mol. The lowest BCUT2D eigenvalue weighted by atomic mass is 9.82. The van der Waals surface area contributed by atoms with E-state index in [-0.39, 0.29) is 5.91 Å². The molecule has 0 radical (unpaired) electrons. The smallest absolute Gasteiger partial charge is 0.276 e. The highest BCUT2D eigenvalue weighted by Gasteiger charge is 2.39. The minimum atomic E-state index is -0.00516. The summed E-state index contributed by atoms with van der Waals surface area (Å²) in [5.74, 6) is 0.488. The highest BCUT2D eigenvalue weighted by Crippen LogP contribution is 2.43. The van der Waals surface area contributed by atoms with Crippen molar-refractivity contribution in [2.24, 2.45) is 5.41 Å². The largest absolute Gasteiger partial charge is 0.395 e. The first-order valence-corrected chi connectivity index (χ1v) is 7.73. The van der Waals surface area contributed by atoms with Crippen LogP contribution in [0.1, 0.15) is 68.1 Å². The zero-order chi connectivity index (χ0) is 14.3. The molecule has 2 aliphatic rings. The molecule has 0 spiro atoms. The second-order valence-electron chi connectivity index (χ2n) is 6.36. The van der Waals surface area contributed by atoms with Crippen LogP contribution in [0, 0.1) is 5.41 Å². The van der Waals surface area contributed by atoms with E-state index in [1.54, 1.807) is 0 Å². The van der Waals surface area contributed by atoms with Crippen LogP contribution in [0.5, 0.6) is 0 Å². The molecule has 1 aromatic rings. The Balaban J connectivity index is 1.77. The lowest BCUT2D eigenvalue weighted by molar-refractivity contribution is 0.0765. The van der Waals surface area contributed by atoms with E-state index in [0.29, 0.717) is 22.7 Å². The Bertz CT molecular complexity index is 514. The maximum Gasteiger partial charge on any atom is 0.276 e. The molecule has 0 aromatic carbocycles. The van der Waals surface area contributed by atoms with Crippen LogP contribution in [0.25, 0.3) is 0 Å². The van der Waals surface area contributed by atoms with Crippen molar-refractivity contribution in [3.05, 3.63) is 11.4 Å². The van der Waals surface area contributed by atoms with Crippen molar-refractivity contribution in [1.82, 2.24) is 15.1 Å². The summed E-state index contributed by atoms with van der Waals surface area (Å²) >= 11 is 0. The minimum Gasteiger partial charge on any atom is -0.395 e. The van der Waals surface area contributed by atoms with Gasteiger partial charge in [0.25, 0.3) is 5.91 Å². The Morgan fingerprint density at radius 2 is 2.15 bits per heavy atom. The van der Waals surface area contributed by atoms with Gasteiger partial charge in [-0.05, 0) is 37.5 Å². The van der Waals surface area contributed by atoms with E-state index in [1.807, 2.05) is 4.90 Å². The van der Waals surface area contributed by atoms with Crippen LogP contribution >= 0.6 is 0 Å². The number of likely N-dealkylation sites (tertiary alicyclic amines) is 1. The number of nitrogen functional groups attached to an aromatic ring is 1. The summed E-state index contributed by atoms with van der Waals surface area (Å²) in [5, 5.41) is 7.15. The second-order valence-corrected chi connectivity index (χ2v) is 6.36. The second kappa shape index (κ2) is 4.79. The summed E-state index contributed by atoms with van der Waals surface area (Å²) in [7, 11) is 0. The number of nitrogens with two attached hydrogens (primary N) is 1. The number of nitrogens with one attached hydrogen (secondary N) is 1. The molecule has 20 heavy (non-hydrogen) atoms. The average Bonchev–Trinajstić information content (AvgIpc) is 3.09. The van der Waals surface area contributed by atoms with Crippen LogP contribution in [-0.4, -0.2) is 34.1 Å². The number of anilines is 1. The van der Waals surface area contributed by atoms with Crippen molar-refractivity contribution in [2.75, 3.05) is 18.8 Å². The third-order valence-electron chi connectivity index (χ3n) is 5.25. The van der Waals surface area contributed by atoms with Crippen LogP contribution in [0.15, 0.2) is 0 Å². The van der Waals surface area contributed by atoms with Crippen LogP contribution in [0.4, 0.5) is 5.69 Å². The van der Waals surface area contributed by atoms with Crippen molar-refractivity contribution in [3.63, 3.8) is 0 Å². The summed E-state index contributed by atoms with van der Waals surface area (Å²) < 4.78 is 0. The number of amides is 1. The van der Waals surface area contributed by atoms with Gasteiger partial charge in [-0.15, -0.1) is 0 Å². The van der Waals surface area contributed by atoms with Gasteiger partial charge >= 0.3 is 0 Å². The predicted molar refractivity (Wildman–Crippen MR) is 78.5 cm³/mol. The first-order valence-electron chi connectivity index (χ1n) is 7.73. The Labute approximate surface area is 119 Å². The van der Waals surface area contributed by atoms with Crippen molar-refractivity contribution in [3.8, 4) is 0 Å². The number of rotatable bonds is 4. The van der Waals surface area contributed by atoms with Gasteiger partial charge in [0.2, 0.25) is 0 Å². The van der Waals surface area contributed by atoms with Crippen LogP contribution < -0.4 is 5.73 Å². The van der Waals surface area contributed by atoms with E-state index in [2.05, 4.69) is 24.0 Å². The number of aromatic amines is 1. The molecule has 1 amide bonds. The van der Waals surface area contributed by atoms with Crippen molar-refractivity contribution in [1.29, 1.82) is 0 Å². The van der Waals surface area contributed by atoms with Crippen LogP contribution in [0.2, 0.25) is 0 Å². The molecule has 1 saturated carbocycles. The van der Waals surface area contributed by atoms with Gasteiger partial charge in [-0.1, -0.05) is 13.8 Å². The first kappa shape index (κ1) is 13.5. The summed E-state index contributed by atoms with van der Waals surface area (Å²) in [4.78, 5) is 14.5. The van der Waals surface area contributed by atoms with Crippen molar-refractivity contribution >= 4 is 11.6 Å². The van der Waals surface area contributed by atoms with Gasteiger partial charge < -0.3 is 10.6 Å². The van der Waals surface area contributed by atoms with E-state index < -0.39 is 0 Å². The van der Waals surface area contributed by atoms with E-state index in [4.69, 9.17) is 5.73 Å². The third kappa shape index (κ3) is 2.09. The average molecular weight is 276 g/mol. The van der Waals surface area contributed by atoms with Gasteiger partial charge in [-0.25, -0.2) is 0 Å². The lowest BCUT2D eigenvalue weighted by Gasteiger charge is -2.26. The van der Waals surface area contributed by atoms with Gasteiger partial charge in [0.15, 0.2) is 5.69 Å². The number of H-pyrrole nitrogens is 1. The number of aromatic nitrogens is 2. The fourth-order valence-corrected chi connectivity index (χ4v) is 3.30. The molecule has 2 heterocycles. The molecule has 2 fully saturated rings. The normalized spacial score (nSPS) is 21.4. The maximum absolute atomic E-state index is 12.6. The molecule has 1 aromatic heterocycles. The Hall–Kier alpha value is -1.52. The SMILES string of the molecule is CCC1(CC)CCN(C(=O)c2n[nH]c(C3CC3)c2N)C1. The van der Waals surface area contributed by atoms with E-state index in [1.165, 1.54) is 0 Å². The molecule has 5 heteroatoms. The molecule has 1 aliphatic carbocycles. The monoisotopic (exact) mass is 276 g/mol. The van der Waals surface area contributed by atoms with Gasteiger partial charge in [0.1, 0.15) is 0 Å². The highest BCUT2D eigenvalue weighted by molar-refractivity contribution is 5.98. The minimum absolute atomic E-state index is 0.00516. The van der Waals surface area contributed by atoms with E-state index in [0.717, 1.165) is 50.9 Å². The fourth-order valence-electron chi connectivity index (χ4n) is 3.30. The van der Waals surface area contributed by atoms with Gasteiger partial charge in [-0.2, -0.15) is 5.10 Å². The lowest BCUT2D eigenvalue weighted by Crippen LogP contribution is -2.32. The molecule has 1 saturated heterocycles. The Morgan fingerprint density at radius 3 is 2.70 bits per heavy atom. The third-order valence-corrected chi connectivity index (χ3v) is 5.25. The van der Waals surface area contributed by atoms with E-state index in [9.17, 15) is 4.79 Å². The van der Waals surface area contributed by atoms with Gasteiger partial charge in [-0.3, -0.25) is 9.89 Å². The standard InChI is InChI=1S/C15H24N4O/c1-3-15(4-2)7-8-19(9-15)14(20)13-11(16)12(17-18-13)10-5-6-10/h10H,3-9,16H2,1-2H3,(H,17,18). The maximum atomic E-state index is 12.6. The number of hydrogen-bond donors (Lipinski definition) is 2. The quantitative estimate of drug-likeness (QED) is 0.887. The predicted octanol–water partition coefficient (Wildman–Crippen LogP) is 2.52. The molecule has 1 aliphatic heterocycles. The van der Waals surface area contributed by atoms with Crippen molar-refractivity contribution < 1.29 is 4.79 Å². The van der Waals surface area contributed by atoms with E-state index >= 15 is 0 Å². The van der Waals surface area contributed by atoms with Gasteiger partial charge in [0.05, 0.1) is 11.4 Å². The molecule has 3 rings (SSSR count). The Kier molecular flexibility index (Phi) is 3.22. The molecule has 0 bridgehead atoms. The van der Waals surface area contributed by atoms with Crippen LogP contribution in [-0.2, 0) is 0 Å². The molecule has 0 atom stereocenters. The summed E-state index contributed by atoms with van der Waals surface area (Å²) in [6.45, 7) is 6.09. The number of nitrogens with zero attached hydrogens (tertiary/aromatic N) is 2. The van der Waals surface area contributed by atoms with Crippen molar-refractivity contribution in [2.45, 2.75) is 51.9 Å². The van der Waals surface area contributed by atoms with Crippen LogP contribution in [0.3, 0.4) is 0 Å². The molecule has 3 N–H and O–H groups in total. The molecule has 0 unspecified atom stereocenters. The summed E-state index contributed by atoms with van der Waals surface area (Å²) in [6, 6.07) is 0. The number of carbonyl (C=O) groups excluding carboxylic acids is 1. The number of hydrogen-bond acceptors (Lipinski definition) is 3. The molecular formula is C15H24N4O. The highest BCUT2D eigenvalue weighted by atomic mass is 16.2. The summed E-state index contributed by atoms with van der Waals surface area (Å²) in [6.07, 6.45) is 5.63. The summed E-state index contributed by atoms with van der Waals surface area (Å²) in [5.41, 5.74) is 8.36. The topological polar surface area (TPSA) is 75.0 Å². The fraction of sp³-hybridized carbons (Fsp3) is 0.733. The molecule has 5 nitrogen and oxygen atoms in total. The zero-order valence-corrected chi connectivity index (χ0v) is 12.4. The molecule has 110 valence electrons. The number of carbonyl (C=O) groups is 1. The zero-order valence-electron chi connectivity index (χ0n) is 12.4. The van der Waals surface area contributed by atoms with Gasteiger partial charge in [0, 0.05) is 19.0 Å².